The second-order valence-corrected chi connectivity index (χ2v) is 6.20. The lowest BCUT2D eigenvalue weighted by molar-refractivity contribution is 0.475. The van der Waals surface area contributed by atoms with E-state index in [1.165, 1.54) is 0 Å². The lowest BCUT2D eigenvalue weighted by Crippen LogP contribution is -2.44. The van der Waals surface area contributed by atoms with Gasteiger partial charge in [-0.15, -0.1) is 0 Å². The van der Waals surface area contributed by atoms with Crippen molar-refractivity contribution in [2.75, 3.05) is 0 Å². The Hall–Kier alpha value is -2.14. The predicted molar refractivity (Wildman–Crippen MR) is 91.8 cm³/mol. The first-order valence-electron chi connectivity index (χ1n) is 6.69. The molecule has 0 aliphatic carbocycles. The number of aromatic hydroxyl groups is 1. The highest BCUT2D eigenvalue weighted by Crippen LogP contribution is 2.25. The van der Waals surface area contributed by atoms with Crippen molar-refractivity contribution in [1.82, 2.24) is 10.7 Å². The smallest absolute Gasteiger partial charge is 0.187 e. The van der Waals surface area contributed by atoms with Crippen LogP contribution in [0.2, 0.25) is 0 Å². The van der Waals surface area contributed by atoms with Gasteiger partial charge in [-0.2, -0.15) is 5.10 Å². The highest BCUT2D eigenvalue weighted by Gasteiger charge is 2.10. The van der Waals surface area contributed by atoms with E-state index in [1.807, 2.05) is 51.1 Å². The molecule has 2 aromatic carbocycles. The Morgan fingerprint density at radius 2 is 1.90 bits per heavy atom. The molecule has 0 heterocycles. The number of thiocarbonyl (C=S) groups is 1. The summed E-state index contributed by atoms with van der Waals surface area (Å²) in [6.07, 6.45) is 1.58. The van der Waals surface area contributed by atoms with Gasteiger partial charge in [0.05, 0.1) is 6.21 Å². The van der Waals surface area contributed by atoms with Crippen molar-refractivity contribution in [3.8, 4) is 5.75 Å². The maximum absolute atomic E-state index is 9.99. The van der Waals surface area contributed by atoms with Crippen molar-refractivity contribution in [3.63, 3.8) is 0 Å². The molecule has 5 heteroatoms. The van der Waals surface area contributed by atoms with Gasteiger partial charge in [0.15, 0.2) is 5.11 Å². The summed E-state index contributed by atoms with van der Waals surface area (Å²) in [5.41, 5.74) is 3.30. The molecule has 110 valence electrons. The van der Waals surface area contributed by atoms with Crippen LogP contribution >= 0.6 is 12.2 Å². The van der Waals surface area contributed by atoms with Crippen molar-refractivity contribution in [3.05, 3.63) is 42.0 Å². The molecule has 0 aliphatic rings. The maximum atomic E-state index is 9.99. The summed E-state index contributed by atoms with van der Waals surface area (Å²) in [4.78, 5) is 0. The highest BCUT2D eigenvalue weighted by molar-refractivity contribution is 7.80. The van der Waals surface area contributed by atoms with Crippen LogP contribution in [0.3, 0.4) is 0 Å². The summed E-state index contributed by atoms with van der Waals surface area (Å²) >= 11 is 5.15. The van der Waals surface area contributed by atoms with Crippen molar-refractivity contribution in [2.45, 2.75) is 26.3 Å². The number of phenols is 1. The molecule has 0 unspecified atom stereocenters. The molecule has 21 heavy (non-hydrogen) atoms. The average Bonchev–Trinajstić information content (AvgIpc) is 2.39. The lowest BCUT2D eigenvalue weighted by atomic mass is 10.0. The maximum Gasteiger partial charge on any atom is 0.187 e. The van der Waals surface area contributed by atoms with Gasteiger partial charge in [-0.3, -0.25) is 5.43 Å². The van der Waals surface area contributed by atoms with Crippen LogP contribution in [0.4, 0.5) is 0 Å². The van der Waals surface area contributed by atoms with Gasteiger partial charge in [0, 0.05) is 11.1 Å². The molecule has 0 atom stereocenters. The summed E-state index contributed by atoms with van der Waals surface area (Å²) in [6.45, 7) is 6.05. The van der Waals surface area contributed by atoms with E-state index in [0.29, 0.717) is 10.7 Å². The fourth-order valence-corrected chi connectivity index (χ4v) is 2.30. The molecule has 0 fully saturated rings. The number of phenolic OH excluding ortho intramolecular Hbond substituents is 1. The molecule has 3 N–H and O–H groups in total. The molecule has 0 aromatic heterocycles. The van der Waals surface area contributed by atoms with E-state index < -0.39 is 0 Å². The van der Waals surface area contributed by atoms with Crippen LogP contribution in [0.25, 0.3) is 10.8 Å². The zero-order valence-corrected chi connectivity index (χ0v) is 13.2. The van der Waals surface area contributed by atoms with Crippen molar-refractivity contribution in [2.24, 2.45) is 5.10 Å². The van der Waals surface area contributed by atoms with Gasteiger partial charge in [0.1, 0.15) is 5.75 Å². The number of fused-ring (bicyclic) bond motifs is 1. The van der Waals surface area contributed by atoms with Gasteiger partial charge in [-0.1, -0.05) is 30.3 Å². The standard InChI is InChI=1S/C16H19N3OS/c1-16(2,3)18-15(21)19-17-10-13-12-7-5-4-6-11(12)8-9-14(13)20/h4-10,20H,1-3H3,(H2,18,19,21)/b17-10-. The molecule has 0 saturated carbocycles. The number of nitrogens with zero attached hydrogens (tertiary/aromatic N) is 1. The molecular weight excluding hydrogens is 282 g/mol. The van der Waals surface area contributed by atoms with Crippen molar-refractivity contribution >= 4 is 34.3 Å². The lowest BCUT2D eigenvalue weighted by Gasteiger charge is -2.21. The monoisotopic (exact) mass is 301 g/mol. The molecule has 2 rings (SSSR count). The molecule has 2 aromatic rings. The summed E-state index contributed by atoms with van der Waals surface area (Å²) in [7, 11) is 0. The van der Waals surface area contributed by atoms with E-state index in [9.17, 15) is 5.11 Å². The SMILES string of the molecule is CC(C)(C)NC(=S)N/N=C\c1c(O)ccc2ccccc12. The molecule has 0 bridgehead atoms. The second kappa shape index (κ2) is 6.10. The van der Waals surface area contributed by atoms with E-state index >= 15 is 0 Å². The second-order valence-electron chi connectivity index (χ2n) is 5.79. The van der Waals surface area contributed by atoms with Crippen LogP contribution in [0, 0.1) is 0 Å². The molecule has 0 radical (unpaired) electrons. The van der Waals surface area contributed by atoms with Gasteiger partial charge >= 0.3 is 0 Å². The Morgan fingerprint density at radius 3 is 2.62 bits per heavy atom. The van der Waals surface area contributed by atoms with Gasteiger partial charge in [0.2, 0.25) is 0 Å². The van der Waals surface area contributed by atoms with Gasteiger partial charge in [-0.25, -0.2) is 0 Å². The topological polar surface area (TPSA) is 56.7 Å². The first-order valence-corrected chi connectivity index (χ1v) is 7.09. The number of nitrogens with one attached hydrogen (secondary N) is 2. The van der Waals surface area contributed by atoms with Crippen LogP contribution in [0.5, 0.6) is 5.75 Å². The molecule has 0 aliphatic heterocycles. The van der Waals surface area contributed by atoms with Crippen LogP contribution in [0.15, 0.2) is 41.5 Å². The molecule has 0 amide bonds. The first-order chi connectivity index (χ1) is 9.87. The third-order valence-electron chi connectivity index (χ3n) is 2.80. The predicted octanol–water partition coefficient (Wildman–Crippen LogP) is 3.14. The molecular formula is C16H19N3OS. The minimum atomic E-state index is -0.124. The van der Waals surface area contributed by atoms with Crippen LogP contribution < -0.4 is 10.7 Å². The van der Waals surface area contributed by atoms with Crippen LogP contribution in [-0.2, 0) is 0 Å². The fraction of sp³-hybridized carbons (Fsp3) is 0.250. The minimum absolute atomic E-state index is 0.124. The van der Waals surface area contributed by atoms with E-state index in [-0.39, 0.29) is 11.3 Å². The van der Waals surface area contributed by atoms with E-state index in [2.05, 4.69) is 15.8 Å². The Labute approximate surface area is 129 Å². The number of rotatable bonds is 2. The van der Waals surface area contributed by atoms with Crippen molar-refractivity contribution < 1.29 is 5.11 Å². The van der Waals surface area contributed by atoms with Crippen LogP contribution in [0.1, 0.15) is 26.3 Å². The third kappa shape index (κ3) is 4.16. The summed E-state index contributed by atoms with van der Waals surface area (Å²) in [5, 5.41) is 19.6. The summed E-state index contributed by atoms with van der Waals surface area (Å²) in [5.74, 6) is 0.189. The van der Waals surface area contributed by atoms with Gasteiger partial charge in [0.25, 0.3) is 0 Å². The highest BCUT2D eigenvalue weighted by atomic mass is 32.1. The largest absolute Gasteiger partial charge is 0.507 e. The Balaban J connectivity index is 2.18. The zero-order valence-electron chi connectivity index (χ0n) is 12.3. The first kappa shape index (κ1) is 15.3. The molecule has 0 saturated heterocycles. The number of hydrazone groups is 1. The molecule has 4 nitrogen and oxygen atoms in total. The minimum Gasteiger partial charge on any atom is -0.507 e. The Kier molecular flexibility index (Phi) is 4.43. The third-order valence-corrected chi connectivity index (χ3v) is 2.99. The summed E-state index contributed by atoms with van der Waals surface area (Å²) in [6, 6.07) is 11.4. The van der Waals surface area contributed by atoms with Crippen molar-refractivity contribution in [1.29, 1.82) is 0 Å². The Morgan fingerprint density at radius 1 is 1.19 bits per heavy atom. The molecule has 0 spiro atoms. The normalized spacial score (nSPS) is 11.8. The number of benzene rings is 2. The van der Waals surface area contributed by atoms with Gasteiger partial charge in [-0.05, 0) is 49.8 Å². The zero-order chi connectivity index (χ0) is 15.5. The number of hydrogen-bond acceptors (Lipinski definition) is 3. The fourth-order valence-electron chi connectivity index (χ4n) is 1.94. The van der Waals surface area contributed by atoms with Crippen LogP contribution in [-0.4, -0.2) is 22.0 Å². The van der Waals surface area contributed by atoms with E-state index in [4.69, 9.17) is 12.2 Å². The average molecular weight is 301 g/mol. The Bertz CT molecular complexity index is 689. The summed E-state index contributed by atoms with van der Waals surface area (Å²) < 4.78 is 0. The van der Waals surface area contributed by atoms with E-state index in [1.54, 1.807) is 12.3 Å². The van der Waals surface area contributed by atoms with E-state index in [0.717, 1.165) is 10.8 Å². The number of hydrogen-bond donors (Lipinski definition) is 3. The van der Waals surface area contributed by atoms with Gasteiger partial charge < -0.3 is 10.4 Å². The quantitative estimate of drug-likeness (QED) is 0.453.